The molecule has 1 rings (SSSR count). The van der Waals surface area contributed by atoms with Crippen molar-refractivity contribution in [2.75, 3.05) is 19.0 Å². The summed E-state index contributed by atoms with van der Waals surface area (Å²) in [6.07, 6.45) is 2.51. The molecule has 0 aliphatic carbocycles. The van der Waals surface area contributed by atoms with Gasteiger partial charge in [-0.05, 0) is 19.1 Å². The zero-order valence-corrected chi connectivity index (χ0v) is 10.3. The number of anilines is 1. The monoisotopic (exact) mass is 249 g/mol. The van der Waals surface area contributed by atoms with Gasteiger partial charge in [0.25, 0.3) is 5.78 Å². The van der Waals surface area contributed by atoms with Gasteiger partial charge in [0.2, 0.25) is 0 Å². The molecule has 0 aliphatic heterocycles. The highest BCUT2D eigenvalue weighted by molar-refractivity contribution is 6.38. The summed E-state index contributed by atoms with van der Waals surface area (Å²) in [7, 11) is 1.57. The lowest BCUT2D eigenvalue weighted by atomic mass is 10.3. The van der Waals surface area contributed by atoms with Crippen LogP contribution in [-0.4, -0.2) is 25.5 Å². The number of esters is 1. The van der Waals surface area contributed by atoms with Crippen molar-refractivity contribution in [3.05, 3.63) is 36.5 Å². The van der Waals surface area contributed by atoms with Crippen molar-refractivity contribution < 1.29 is 19.1 Å². The average molecular weight is 249 g/mol. The fourth-order valence-electron chi connectivity index (χ4n) is 1.20. The van der Waals surface area contributed by atoms with Gasteiger partial charge in [0.05, 0.1) is 13.7 Å². The lowest BCUT2D eigenvalue weighted by Crippen LogP contribution is -2.14. The maximum atomic E-state index is 11.2. The molecule has 96 valence electrons. The zero-order valence-electron chi connectivity index (χ0n) is 10.3. The number of methoxy groups -OCH3 is 1. The van der Waals surface area contributed by atoms with E-state index in [9.17, 15) is 9.59 Å². The van der Waals surface area contributed by atoms with E-state index in [4.69, 9.17) is 4.74 Å². The van der Waals surface area contributed by atoms with Crippen LogP contribution in [-0.2, 0) is 14.3 Å². The summed E-state index contributed by atoms with van der Waals surface area (Å²) in [5.74, 6) is -0.862. The maximum Gasteiger partial charge on any atom is 0.379 e. The van der Waals surface area contributed by atoms with Crippen LogP contribution in [0, 0.1) is 0 Å². The Hall–Kier alpha value is -2.30. The van der Waals surface area contributed by atoms with Gasteiger partial charge in [-0.2, -0.15) is 0 Å². The second-order valence-electron chi connectivity index (χ2n) is 3.29. The second kappa shape index (κ2) is 7.11. The quantitative estimate of drug-likeness (QED) is 0.472. The lowest BCUT2D eigenvalue weighted by molar-refractivity contribution is -0.151. The van der Waals surface area contributed by atoms with E-state index in [2.05, 4.69) is 10.1 Å². The van der Waals surface area contributed by atoms with Gasteiger partial charge in [0.15, 0.2) is 0 Å². The Bertz CT molecular complexity index is 454. The number of hydrogen-bond donors (Lipinski definition) is 1. The highest BCUT2D eigenvalue weighted by Gasteiger charge is 2.09. The van der Waals surface area contributed by atoms with Gasteiger partial charge in [0, 0.05) is 24.0 Å². The predicted molar refractivity (Wildman–Crippen MR) is 67.4 cm³/mol. The minimum Gasteiger partial charge on any atom is -0.497 e. The Labute approximate surface area is 105 Å². The first kappa shape index (κ1) is 13.8. The number of carbonyl (C=O) groups excluding carboxylic acids is 2. The lowest BCUT2D eigenvalue weighted by Gasteiger charge is -2.03. The number of carbonyl (C=O) groups is 2. The molecule has 0 amide bonds. The summed E-state index contributed by atoms with van der Waals surface area (Å²) in [6.45, 7) is 1.82. The number of ketones is 1. The average Bonchev–Trinajstić information content (AvgIpc) is 2.39. The molecule has 0 radical (unpaired) electrons. The first-order valence-corrected chi connectivity index (χ1v) is 5.45. The summed E-state index contributed by atoms with van der Waals surface area (Å²) in [5, 5.41) is 2.86. The smallest absolute Gasteiger partial charge is 0.379 e. The van der Waals surface area contributed by atoms with Crippen LogP contribution in [0.4, 0.5) is 5.69 Å². The molecule has 0 bridgehead atoms. The van der Waals surface area contributed by atoms with E-state index >= 15 is 0 Å². The molecule has 0 unspecified atom stereocenters. The van der Waals surface area contributed by atoms with Crippen molar-refractivity contribution >= 4 is 17.4 Å². The highest BCUT2D eigenvalue weighted by atomic mass is 16.5. The number of nitrogens with one attached hydrogen (secondary N) is 1. The summed E-state index contributed by atoms with van der Waals surface area (Å²) < 4.78 is 9.60. The van der Waals surface area contributed by atoms with E-state index in [0.717, 1.165) is 11.8 Å². The van der Waals surface area contributed by atoms with Crippen LogP contribution in [0.5, 0.6) is 5.75 Å². The Balaban J connectivity index is 2.53. The van der Waals surface area contributed by atoms with Crippen LogP contribution < -0.4 is 10.1 Å². The van der Waals surface area contributed by atoms with Gasteiger partial charge in [-0.15, -0.1) is 0 Å². The van der Waals surface area contributed by atoms with Gasteiger partial charge in [-0.3, -0.25) is 4.79 Å². The molecule has 0 fully saturated rings. The maximum absolute atomic E-state index is 11.2. The molecule has 0 saturated heterocycles. The van der Waals surface area contributed by atoms with E-state index in [-0.39, 0.29) is 6.61 Å². The van der Waals surface area contributed by atoms with Crippen molar-refractivity contribution in [2.24, 2.45) is 0 Å². The van der Waals surface area contributed by atoms with E-state index in [1.54, 1.807) is 26.2 Å². The molecule has 1 aromatic rings. The Morgan fingerprint density at radius 2 is 2.17 bits per heavy atom. The summed E-state index contributed by atoms with van der Waals surface area (Å²) in [5.41, 5.74) is 0.752. The first-order chi connectivity index (χ1) is 8.67. The van der Waals surface area contributed by atoms with E-state index in [1.165, 1.54) is 6.20 Å². The molecule has 5 heteroatoms. The van der Waals surface area contributed by atoms with E-state index < -0.39 is 11.8 Å². The molecule has 0 atom stereocenters. The Morgan fingerprint density at radius 1 is 1.39 bits per heavy atom. The van der Waals surface area contributed by atoms with Crippen molar-refractivity contribution in [3.63, 3.8) is 0 Å². The second-order valence-corrected chi connectivity index (χ2v) is 3.29. The largest absolute Gasteiger partial charge is 0.497 e. The summed E-state index contributed by atoms with van der Waals surface area (Å²) >= 11 is 0. The third kappa shape index (κ3) is 4.29. The molecule has 0 aromatic heterocycles. The van der Waals surface area contributed by atoms with Gasteiger partial charge in [-0.1, -0.05) is 6.07 Å². The normalized spacial score (nSPS) is 10.1. The van der Waals surface area contributed by atoms with Gasteiger partial charge < -0.3 is 14.8 Å². The molecule has 0 heterocycles. The molecule has 0 spiro atoms. The van der Waals surface area contributed by atoms with Gasteiger partial charge in [0.1, 0.15) is 5.75 Å². The minimum atomic E-state index is -0.860. The third-order valence-corrected chi connectivity index (χ3v) is 2.03. The van der Waals surface area contributed by atoms with Crippen LogP contribution in [0.25, 0.3) is 0 Å². The molecular formula is C13H15NO4. The SMILES string of the molecule is CCOC(=O)C(=O)/C=C/Nc1cccc(OC)c1. The van der Waals surface area contributed by atoms with E-state index in [0.29, 0.717) is 5.75 Å². The van der Waals surface area contributed by atoms with Gasteiger partial charge >= 0.3 is 5.97 Å². The summed E-state index contributed by atoms with van der Waals surface area (Å²) in [4.78, 5) is 22.2. The minimum absolute atomic E-state index is 0.182. The Kier molecular flexibility index (Phi) is 5.44. The fourth-order valence-corrected chi connectivity index (χ4v) is 1.20. The number of benzene rings is 1. The number of rotatable bonds is 6. The van der Waals surface area contributed by atoms with Crippen LogP contribution >= 0.6 is 0 Å². The molecule has 18 heavy (non-hydrogen) atoms. The van der Waals surface area contributed by atoms with Gasteiger partial charge in [-0.25, -0.2) is 4.79 Å². The molecular weight excluding hydrogens is 234 g/mol. The van der Waals surface area contributed by atoms with Crippen LogP contribution in [0.3, 0.4) is 0 Å². The van der Waals surface area contributed by atoms with E-state index in [1.807, 2.05) is 12.1 Å². The molecule has 0 saturated carbocycles. The third-order valence-electron chi connectivity index (χ3n) is 2.03. The number of ether oxygens (including phenoxy) is 2. The molecule has 1 N–H and O–H groups in total. The van der Waals surface area contributed by atoms with Crippen molar-refractivity contribution in [2.45, 2.75) is 6.92 Å². The van der Waals surface area contributed by atoms with Crippen LogP contribution in [0.2, 0.25) is 0 Å². The van der Waals surface area contributed by atoms with Crippen LogP contribution in [0.15, 0.2) is 36.5 Å². The number of hydrogen-bond acceptors (Lipinski definition) is 5. The van der Waals surface area contributed by atoms with Crippen molar-refractivity contribution in [3.8, 4) is 5.75 Å². The highest BCUT2D eigenvalue weighted by Crippen LogP contribution is 2.16. The fraction of sp³-hybridized carbons (Fsp3) is 0.231. The van der Waals surface area contributed by atoms with Crippen LogP contribution in [0.1, 0.15) is 6.92 Å². The topological polar surface area (TPSA) is 64.6 Å². The molecule has 5 nitrogen and oxygen atoms in total. The van der Waals surface area contributed by atoms with Crippen molar-refractivity contribution in [1.82, 2.24) is 0 Å². The van der Waals surface area contributed by atoms with Crippen molar-refractivity contribution in [1.29, 1.82) is 0 Å². The Morgan fingerprint density at radius 3 is 2.83 bits per heavy atom. The zero-order chi connectivity index (χ0) is 13.4. The summed E-state index contributed by atoms with van der Waals surface area (Å²) in [6, 6.07) is 7.18. The first-order valence-electron chi connectivity index (χ1n) is 5.45. The molecule has 0 aliphatic rings. The molecule has 1 aromatic carbocycles. The standard InChI is InChI=1S/C13H15NO4/c1-3-18-13(16)12(15)7-8-14-10-5-4-6-11(9-10)17-2/h4-9,14H,3H2,1-2H3/b8-7+. The predicted octanol–water partition coefficient (Wildman–Crippen LogP) is 1.75.